The van der Waals surface area contributed by atoms with Gasteiger partial charge < -0.3 is 5.11 Å². The molecule has 12 heavy (non-hydrogen) atoms. The third-order valence-corrected chi connectivity index (χ3v) is 2.62. The summed E-state index contributed by atoms with van der Waals surface area (Å²) in [4.78, 5) is 10.9. The summed E-state index contributed by atoms with van der Waals surface area (Å²) in [5.74, 6) is -0.736. The van der Waals surface area contributed by atoms with Crippen LogP contribution in [-0.4, -0.2) is 11.1 Å². The summed E-state index contributed by atoms with van der Waals surface area (Å²) in [6.45, 7) is 5.64. The molecule has 1 atom stereocenters. The Morgan fingerprint density at radius 3 is 2.58 bits per heavy atom. The van der Waals surface area contributed by atoms with E-state index in [-0.39, 0.29) is 0 Å². The van der Waals surface area contributed by atoms with Gasteiger partial charge in [0.25, 0.3) is 0 Å². The van der Waals surface area contributed by atoms with E-state index in [9.17, 15) is 4.79 Å². The first-order valence-electron chi connectivity index (χ1n) is 4.06. The Kier molecular flexibility index (Phi) is 2.09. The lowest BCUT2D eigenvalue weighted by Crippen LogP contribution is -2.29. The smallest absolute Gasteiger partial charge is 0.313 e. The van der Waals surface area contributed by atoms with Gasteiger partial charge in [0.05, 0.1) is 5.41 Å². The fourth-order valence-electron chi connectivity index (χ4n) is 1.34. The molecule has 66 valence electrons. The quantitative estimate of drug-likeness (QED) is 0.649. The fourth-order valence-corrected chi connectivity index (χ4v) is 1.34. The standard InChI is InChI=1S/C10H14O2/c1-7-4-5-10(3,9(11)12)8(2)6-7/h4,6H,5H2,1-3H3,(H,11,12). The normalized spacial score (nSPS) is 29.2. The molecule has 0 aliphatic heterocycles. The molecule has 0 saturated heterocycles. The summed E-state index contributed by atoms with van der Waals surface area (Å²) in [6.07, 6.45) is 4.52. The molecule has 0 fully saturated rings. The largest absolute Gasteiger partial charge is 0.481 e. The molecular formula is C10H14O2. The number of carboxylic acids is 1. The van der Waals surface area contributed by atoms with Crippen LogP contribution in [0.3, 0.4) is 0 Å². The number of hydrogen-bond donors (Lipinski definition) is 1. The fraction of sp³-hybridized carbons (Fsp3) is 0.500. The SMILES string of the molecule is CC1=CCC(C)(C(=O)O)C(C)=C1. The summed E-state index contributed by atoms with van der Waals surface area (Å²) in [5, 5.41) is 8.98. The van der Waals surface area contributed by atoms with E-state index in [4.69, 9.17) is 5.11 Å². The lowest BCUT2D eigenvalue weighted by atomic mass is 9.76. The van der Waals surface area contributed by atoms with Crippen LogP contribution in [0.4, 0.5) is 0 Å². The van der Waals surface area contributed by atoms with Crippen molar-refractivity contribution in [2.45, 2.75) is 27.2 Å². The number of aliphatic carboxylic acids is 1. The molecule has 0 spiro atoms. The lowest BCUT2D eigenvalue weighted by molar-refractivity contribution is -0.145. The first-order valence-corrected chi connectivity index (χ1v) is 4.06. The number of hydrogen-bond acceptors (Lipinski definition) is 1. The predicted molar refractivity (Wildman–Crippen MR) is 47.9 cm³/mol. The van der Waals surface area contributed by atoms with Crippen LogP contribution < -0.4 is 0 Å². The van der Waals surface area contributed by atoms with Gasteiger partial charge in [0.15, 0.2) is 0 Å². The zero-order valence-corrected chi connectivity index (χ0v) is 7.72. The second-order valence-corrected chi connectivity index (χ2v) is 3.62. The van der Waals surface area contributed by atoms with Crippen LogP contribution in [-0.2, 0) is 4.79 Å². The van der Waals surface area contributed by atoms with Crippen LogP contribution in [0, 0.1) is 5.41 Å². The number of rotatable bonds is 1. The molecule has 1 unspecified atom stereocenters. The molecule has 0 radical (unpaired) electrons. The van der Waals surface area contributed by atoms with Crippen LogP contribution in [0.2, 0.25) is 0 Å². The molecule has 1 aliphatic carbocycles. The highest BCUT2D eigenvalue weighted by Gasteiger charge is 2.35. The van der Waals surface area contributed by atoms with Crippen molar-refractivity contribution in [3.05, 3.63) is 23.3 Å². The van der Waals surface area contributed by atoms with E-state index < -0.39 is 11.4 Å². The Morgan fingerprint density at radius 2 is 2.17 bits per heavy atom. The Labute approximate surface area is 72.6 Å². The highest BCUT2D eigenvalue weighted by Crippen LogP contribution is 2.35. The monoisotopic (exact) mass is 166 g/mol. The maximum atomic E-state index is 10.9. The maximum absolute atomic E-state index is 10.9. The third kappa shape index (κ3) is 1.29. The van der Waals surface area contributed by atoms with Gasteiger partial charge in [0.1, 0.15) is 0 Å². The highest BCUT2D eigenvalue weighted by atomic mass is 16.4. The van der Waals surface area contributed by atoms with Gasteiger partial charge in [-0.1, -0.05) is 23.3 Å². The molecule has 0 amide bonds. The molecule has 0 aromatic carbocycles. The van der Waals surface area contributed by atoms with Crippen molar-refractivity contribution in [1.29, 1.82) is 0 Å². The third-order valence-electron chi connectivity index (χ3n) is 2.62. The van der Waals surface area contributed by atoms with Crippen molar-refractivity contribution in [1.82, 2.24) is 0 Å². The van der Waals surface area contributed by atoms with Crippen LogP contribution in [0.1, 0.15) is 27.2 Å². The minimum atomic E-state index is -0.736. The molecule has 1 rings (SSSR count). The zero-order valence-electron chi connectivity index (χ0n) is 7.72. The van der Waals surface area contributed by atoms with E-state index in [2.05, 4.69) is 0 Å². The predicted octanol–water partition coefficient (Wildman–Crippen LogP) is 2.37. The van der Waals surface area contributed by atoms with Gasteiger partial charge >= 0.3 is 5.97 Å². The van der Waals surface area contributed by atoms with E-state index in [0.29, 0.717) is 6.42 Å². The van der Waals surface area contributed by atoms with Crippen molar-refractivity contribution in [3.63, 3.8) is 0 Å². The first kappa shape index (κ1) is 9.04. The summed E-state index contributed by atoms with van der Waals surface area (Å²) in [5.41, 5.74) is 1.42. The Bertz CT molecular complexity index is 274. The number of allylic oxidation sites excluding steroid dienone is 3. The molecule has 2 nitrogen and oxygen atoms in total. The van der Waals surface area contributed by atoms with Gasteiger partial charge in [0.2, 0.25) is 0 Å². The summed E-state index contributed by atoms with van der Waals surface area (Å²) < 4.78 is 0. The van der Waals surface area contributed by atoms with Crippen LogP contribution >= 0.6 is 0 Å². The minimum absolute atomic E-state index is 0.608. The molecular weight excluding hydrogens is 152 g/mol. The van der Waals surface area contributed by atoms with Gasteiger partial charge in [-0.25, -0.2) is 0 Å². The average molecular weight is 166 g/mol. The molecule has 1 N–H and O–H groups in total. The maximum Gasteiger partial charge on any atom is 0.313 e. The van der Waals surface area contributed by atoms with Crippen LogP contribution in [0.5, 0.6) is 0 Å². The van der Waals surface area contributed by atoms with Gasteiger partial charge in [-0.15, -0.1) is 0 Å². The second-order valence-electron chi connectivity index (χ2n) is 3.62. The Balaban J connectivity index is 3.01. The van der Waals surface area contributed by atoms with Crippen LogP contribution in [0.25, 0.3) is 0 Å². The van der Waals surface area contributed by atoms with Crippen LogP contribution in [0.15, 0.2) is 23.3 Å². The number of carboxylic acid groups (broad SMARTS) is 1. The van der Waals surface area contributed by atoms with Crippen molar-refractivity contribution in [3.8, 4) is 0 Å². The van der Waals surface area contributed by atoms with E-state index in [1.54, 1.807) is 6.92 Å². The van der Waals surface area contributed by atoms with Gasteiger partial charge in [-0.2, -0.15) is 0 Å². The second kappa shape index (κ2) is 2.77. The van der Waals surface area contributed by atoms with Crippen molar-refractivity contribution in [2.24, 2.45) is 5.41 Å². The molecule has 0 bridgehead atoms. The highest BCUT2D eigenvalue weighted by molar-refractivity contribution is 5.79. The lowest BCUT2D eigenvalue weighted by Gasteiger charge is -2.27. The molecule has 0 aromatic rings. The van der Waals surface area contributed by atoms with Gasteiger partial charge in [-0.05, 0) is 27.2 Å². The van der Waals surface area contributed by atoms with Crippen molar-refractivity contribution in [2.75, 3.05) is 0 Å². The van der Waals surface area contributed by atoms with E-state index in [1.165, 1.54) is 0 Å². The van der Waals surface area contributed by atoms with E-state index in [0.717, 1.165) is 11.1 Å². The first-order chi connectivity index (χ1) is 5.47. The van der Waals surface area contributed by atoms with Gasteiger partial charge in [-0.3, -0.25) is 4.79 Å². The molecule has 1 aliphatic rings. The topological polar surface area (TPSA) is 37.3 Å². The summed E-state index contributed by atoms with van der Waals surface area (Å²) in [7, 11) is 0. The summed E-state index contributed by atoms with van der Waals surface area (Å²) >= 11 is 0. The summed E-state index contributed by atoms with van der Waals surface area (Å²) in [6, 6.07) is 0. The van der Waals surface area contributed by atoms with Crippen molar-refractivity contribution >= 4 is 5.97 Å². The van der Waals surface area contributed by atoms with Gasteiger partial charge in [0, 0.05) is 0 Å². The van der Waals surface area contributed by atoms with E-state index >= 15 is 0 Å². The van der Waals surface area contributed by atoms with E-state index in [1.807, 2.05) is 26.0 Å². The molecule has 0 aromatic heterocycles. The molecule has 0 saturated carbocycles. The zero-order chi connectivity index (χ0) is 9.35. The Morgan fingerprint density at radius 1 is 1.58 bits per heavy atom. The average Bonchev–Trinajstić information content (AvgIpc) is 1.97. The van der Waals surface area contributed by atoms with Crippen molar-refractivity contribution < 1.29 is 9.90 Å². The number of carbonyl (C=O) groups is 1. The molecule has 0 heterocycles. The Hall–Kier alpha value is -1.05. The minimum Gasteiger partial charge on any atom is -0.481 e. The molecule has 2 heteroatoms.